The maximum Gasteiger partial charge on any atom is 0.327 e. The summed E-state index contributed by atoms with van der Waals surface area (Å²) in [6, 6.07) is 0. The Balaban J connectivity index is 0. The zero-order chi connectivity index (χ0) is 11.8. The normalized spacial score (nSPS) is 12.4. The molecule has 0 aromatic heterocycles. The first-order valence-electron chi connectivity index (χ1n) is 3.69. The number of aliphatic hydroxyl groups excluding tert-OH is 1. The molecule has 14 heavy (non-hydrogen) atoms. The van der Waals surface area contributed by atoms with Gasteiger partial charge in [-0.25, -0.2) is 4.79 Å². The first-order valence-corrected chi connectivity index (χ1v) is 5.25. The minimum atomic E-state index is -0.981. The number of carboxylic acid groups (broad SMARTS) is 1. The monoisotopic (exact) mass is 332 g/mol. The van der Waals surface area contributed by atoms with Crippen LogP contribution >= 0.6 is 32.2 Å². The van der Waals surface area contributed by atoms with Gasteiger partial charge in [0.1, 0.15) is 5.01 Å². The summed E-state index contributed by atoms with van der Waals surface area (Å²) in [5.74, 6) is -0.981. The largest absolute Gasteiger partial charge is 0.478 e. The van der Waals surface area contributed by atoms with Crippen molar-refractivity contribution in [1.82, 2.24) is 0 Å². The number of rotatable bonds is 4. The molecule has 1 atom stereocenters. The van der Waals surface area contributed by atoms with E-state index in [1.54, 1.807) is 0 Å². The van der Waals surface area contributed by atoms with Gasteiger partial charge in [0.15, 0.2) is 0 Å². The molecular formula is C8H14Br2O4. The second-order valence-corrected chi connectivity index (χ2v) is 4.30. The van der Waals surface area contributed by atoms with E-state index in [1.165, 1.54) is 0 Å². The van der Waals surface area contributed by atoms with Crippen molar-refractivity contribution < 1.29 is 18.8 Å². The summed E-state index contributed by atoms with van der Waals surface area (Å²) in [6.45, 7) is 6.85. The highest BCUT2D eigenvalue weighted by Crippen LogP contribution is 2.28. The molecule has 0 aliphatic rings. The zero-order valence-corrected chi connectivity index (χ0v) is 11.2. The van der Waals surface area contributed by atoms with Crippen molar-refractivity contribution in [3.63, 3.8) is 0 Å². The zero-order valence-electron chi connectivity index (χ0n) is 8.04. The molecule has 0 aliphatic heterocycles. The SMILES string of the molecule is C=CC(=O)O.CC(C)(CO)C(Br)OBr. The number of alkyl halides is 1. The molecule has 4 nitrogen and oxygen atoms in total. The molecule has 6 heteroatoms. The van der Waals surface area contributed by atoms with E-state index in [2.05, 4.69) is 38.8 Å². The van der Waals surface area contributed by atoms with E-state index in [4.69, 9.17) is 14.0 Å². The second kappa shape index (κ2) is 8.40. The molecule has 0 spiro atoms. The first kappa shape index (κ1) is 16.5. The van der Waals surface area contributed by atoms with Crippen molar-refractivity contribution in [2.24, 2.45) is 5.41 Å². The summed E-state index contributed by atoms with van der Waals surface area (Å²) in [5, 5.41) is 16.2. The van der Waals surface area contributed by atoms with E-state index in [-0.39, 0.29) is 17.0 Å². The van der Waals surface area contributed by atoms with E-state index in [0.717, 1.165) is 6.08 Å². The number of aliphatic carboxylic acids is 1. The fourth-order valence-corrected chi connectivity index (χ4v) is 0.843. The second-order valence-electron chi connectivity index (χ2n) is 3.09. The Morgan fingerprint density at radius 1 is 1.71 bits per heavy atom. The standard InChI is InChI=1S/C5H10Br2O2.C3H4O2/c1-5(2,3-8)4(6)9-7;1-2-3(4)5/h4,8H,3H2,1-2H3;2H,1H2,(H,4,5). The van der Waals surface area contributed by atoms with Gasteiger partial charge >= 0.3 is 5.97 Å². The molecule has 0 aromatic carbocycles. The van der Waals surface area contributed by atoms with Gasteiger partial charge in [0, 0.05) is 11.5 Å². The average Bonchev–Trinajstić information content (AvgIpc) is 2.17. The van der Waals surface area contributed by atoms with Crippen molar-refractivity contribution in [1.29, 1.82) is 0 Å². The van der Waals surface area contributed by atoms with Gasteiger partial charge in [-0.15, -0.1) is 0 Å². The van der Waals surface area contributed by atoms with Crippen LogP contribution in [0.5, 0.6) is 0 Å². The number of halogens is 2. The number of hydrogen-bond acceptors (Lipinski definition) is 3. The van der Waals surface area contributed by atoms with Crippen LogP contribution in [0, 0.1) is 5.41 Å². The molecule has 1 unspecified atom stereocenters. The summed E-state index contributed by atoms with van der Waals surface area (Å²) in [5.41, 5.74) is -0.247. The summed E-state index contributed by atoms with van der Waals surface area (Å²) >= 11 is 6.06. The van der Waals surface area contributed by atoms with E-state index < -0.39 is 5.97 Å². The molecule has 84 valence electrons. The van der Waals surface area contributed by atoms with Crippen molar-refractivity contribution in [2.45, 2.75) is 18.9 Å². The Labute approximate surface area is 101 Å². The van der Waals surface area contributed by atoms with Gasteiger partial charge in [0.2, 0.25) is 0 Å². The third kappa shape index (κ3) is 8.68. The van der Waals surface area contributed by atoms with Crippen LogP contribution in [0.25, 0.3) is 0 Å². The van der Waals surface area contributed by atoms with Gasteiger partial charge < -0.3 is 10.2 Å². The molecule has 0 aliphatic carbocycles. The van der Waals surface area contributed by atoms with Crippen molar-refractivity contribution in [3.05, 3.63) is 12.7 Å². The van der Waals surface area contributed by atoms with Crippen LogP contribution in [0.1, 0.15) is 13.8 Å². The number of carbonyl (C=O) groups is 1. The molecule has 2 N–H and O–H groups in total. The fourth-order valence-electron chi connectivity index (χ4n) is 0.192. The van der Waals surface area contributed by atoms with Gasteiger partial charge in [-0.2, -0.15) is 0 Å². The van der Waals surface area contributed by atoms with Crippen LogP contribution in [-0.4, -0.2) is 27.8 Å². The highest BCUT2D eigenvalue weighted by molar-refractivity contribution is 9.10. The highest BCUT2D eigenvalue weighted by atomic mass is 79.9. The molecule has 0 bridgehead atoms. The molecule has 0 saturated heterocycles. The molecule has 0 aromatic rings. The maximum absolute atomic E-state index is 9.25. The molecule has 0 amide bonds. The molecule has 0 fully saturated rings. The van der Waals surface area contributed by atoms with Gasteiger partial charge in [-0.05, 0) is 0 Å². The highest BCUT2D eigenvalue weighted by Gasteiger charge is 2.26. The number of hydrogen-bond donors (Lipinski definition) is 2. The van der Waals surface area contributed by atoms with E-state index in [0.29, 0.717) is 0 Å². The Morgan fingerprint density at radius 2 is 2.07 bits per heavy atom. The lowest BCUT2D eigenvalue weighted by Gasteiger charge is -2.24. The van der Waals surface area contributed by atoms with Crippen LogP contribution in [0.3, 0.4) is 0 Å². The Hall–Kier alpha value is 0.0900. The third-order valence-electron chi connectivity index (χ3n) is 1.27. The lowest BCUT2D eigenvalue weighted by molar-refractivity contribution is -0.131. The lowest BCUT2D eigenvalue weighted by Crippen LogP contribution is -2.28. The van der Waals surface area contributed by atoms with E-state index in [1.807, 2.05) is 13.8 Å². The fraction of sp³-hybridized carbons (Fsp3) is 0.625. The van der Waals surface area contributed by atoms with Crippen LogP contribution in [0.2, 0.25) is 0 Å². The quantitative estimate of drug-likeness (QED) is 0.612. The Bertz CT molecular complexity index is 182. The minimum absolute atomic E-state index is 0.0918. The van der Waals surface area contributed by atoms with Crippen LogP contribution in [0.4, 0.5) is 0 Å². The van der Waals surface area contributed by atoms with E-state index >= 15 is 0 Å². The maximum atomic E-state index is 9.25. The van der Waals surface area contributed by atoms with Gasteiger partial charge in [-0.3, -0.25) is 3.83 Å². The van der Waals surface area contributed by atoms with Gasteiger partial charge in [-0.1, -0.05) is 36.4 Å². The molecule has 0 rings (SSSR count). The summed E-state index contributed by atoms with van der Waals surface area (Å²) in [6.07, 6.45) is 0.833. The van der Waals surface area contributed by atoms with Crippen LogP contribution < -0.4 is 0 Å². The topological polar surface area (TPSA) is 66.8 Å². The molecule has 0 heterocycles. The Kier molecular flexibility index (Phi) is 9.91. The lowest BCUT2D eigenvalue weighted by atomic mass is 9.97. The van der Waals surface area contributed by atoms with Crippen LogP contribution in [0.15, 0.2) is 12.7 Å². The number of carboxylic acids is 1. The molecule has 0 radical (unpaired) electrons. The predicted octanol–water partition coefficient (Wildman–Crippen LogP) is 2.31. The summed E-state index contributed by atoms with van der Waals surface area (Å²) in [7, 11) is 0. The summed E-state index contributed by atoms with van der Waals surface area (Å²) < 4.78 is 4.78. The smallest absolute Gasteiger partial charge is 0.327 e. The van der Waals surface area contributed by atoms with E-state index in [9.17, 15) is 4.79 Å². The minimum Gasteiger partial charge on any atom is -0.478 e. The predicted molar refractivity (Wildman–Crippen MR) is 61.4 cm³/mol. The van der Waals surface area contributed by atoms with Crippen molar-refractivity contribution in [3.8, 4) is 0 Å². The average molecular weight is 334 g/mol. The van der Waals surface area contributed by atoms with Crippen LogP contribution in [-0.2, 0) is 8.62 Å². The summed E-state index contributed by atoms with van der Waals surface area (Å²) in [4.78, 5) is 9.25. The van der Waals surface area contributed by atoms with Gasteiger partial charge in [0.05, 0.1) is 22.9 Å². The Morgan fingerprint density at radius 3 is 2.14 bits per heavy atom. The van der Waals surface area contributed by atoms with Crippen molar-refractivity contribution in [2.75, 3.05) is 6.61 Å². The first-order chi connectivity index (χ1) is 6.31. The third-order valence-corrected chi connectivity index (χ3v) is 3.58. The number of aliphatic hydroxyl groups is 1. The van der Waals surface area contributed by atoms with Crippen molar-refractivity contribution >= 4 is 38.2 Å². The molecule has 0 saturated carbocycles. The molecular weight excluding hydrogens is 320 g/mol. The van der Waals surface area contributed by atoms with Gasteiger partial charge in [0.25, 0.3) is 0 Å².